The van der Waals surface area contributed by atoms with Crippen LogP contribution < -0.4 is 10.6 Å². The van der Waals surface area contributed by atoms with Gasteiger partial charge in [-0.2, -0.15) is 13.2 Å². The first-order valence-electron chi connectivity index (χ1n) is 12.7. The number of nitrogens with zero attached hydrogens (tertiary/aromatic N) is 4. The molecule has 1 aliphatic heterocycles. The molecular formula is C27H26ClF3N6OS. The Morgan fingerprint density at radius 1 is 1.31 bits per heavy atom. The summed E-state index contributed by atoms with van der Waals surface area (Å²) in [6, 6.07) is 2.34. The van der Waals surface area contributed by atoms with Crippen LogP contribution in [0.15, 0.2) is 42.6 Å². The van der Waals surface area contributed by atoms with Crippen LogP contribution in [0.4, 0.5) is 13.2 Å². The average Bonchev–Trinajstić information content (AvgIpc) is 3.53. The van der Waals surface area contributed by atoms with Gasteiger partial charge in [-0.05, 0) is 49.9 Å². The lowest BCUT2D eigenvalue weighted by atomic mass is 9.79. The molecule has 3 aromatic rings. The average molecular weight is 575 g/mol. The SMILES string of the molecule is Cc1nnc2n1-c1sc3c(c1[C@H](C1C=CC=CC1(C)Cl)NC2)C[C@H](C(=O)NCc1ccnc(C(F)(F)F)c1)C3. The molecular weight excluding hydrogens is 549 g/mol. The fourth-order valence-corrected chi connectivity index (χ4v) is 7.54. The van der Waals surface area contributed by atoms with Gasteiger partial charge in [0.05, 0.1) is 11.4 Å². The van der Waals surface area contributed by atoms with Crippen LogP contribution >= 0.6 is 22.9 Å². The topological polar surface area (TPSA) is 84.7 Å². The number of aryl methyl sites for hydroxylation is 1. The van der Waals surface area contributed by atoms with Gasteiger partial charge in [-0.15, -0.1) is 33.1 Å². The van der Waals surface area contributed by atoms with Crippen molar-refractivity contribution in [3.8, 4) is 5.00 Å². The molecule has 0 aromatic carbocycles. The Morgan fingerprint density at radius 3 is 2.90 bits per heavy atom. The van der Waals surface area contributed by atoms with Crippen molar-refractivity contribution in [1.82, 2.24) is 30.4 Å². The summed E-state index contributed by atoms with van der Waals surface area (Å²) in [5.41, 5.74) is 1.63. The molecule has 3 aromatic heterocycles. The van der Waals surface area contributed by atoms with Gasteiger partial charge in [0.2, 0.25) is 5.91 Å². The number of carbonyl (C=O) groups is 1. The number of alkyl halides is 4. The third-order valence-corrected chi connectivity index (χ3v) is 9.33. The lowest BCUT2D eigenvalue weighted by Gasteiger charge is -2.36. The number of thiophene rings is 1. The third-order valence-electron chi connectivity index (χ3n) is 7.70. The Hall–Kier alpha value is -3.02. The summed E-state index contributed by atoms with van der Waals surface area (Å²) in [6.45, 7) is 4.46. The van der Waals surface area contributed by atoms with Crippen LogP contribution in [0.1, 0.15) is 51.9 Å². The molecule has 0 saturated carbocycles. The zero-order chi connectivity index (χ0) is 27.5. The van der Waals surface area contributed by atoms with E-state index in [1.54, 1.807) is 11.3 Å². The first-order valence-corrected chi connectivity index (χ1v) is 13.9. The van der Waals surface area contributed by atoms with E-state index >= 15 is 0 Å². The van der Waals surface area contributed by atoms with E-state index in [1.165, 1.54) is 6.07 Å². The fraction of sp³-hybridized carbons (Fsp3) is 0.407. The zero-order valence-corrected chi connectivity index (χ0v) is 22.8. The minimum atomic E-state index is -4.53. The third kappa shape index (κ3) is 4.70. The number of rotatable bonds is 4. The quantitative estimate of drug-likeness (QED) is 0.430. The summed E-state index contributed by atoms with van der Waals surface area (Å²) in [7, 11) is 0. The predicted molar refractivity (Wildman–Crippen MR) is 142 cm³/mol. The molecule has 4 heterocycles. The second-order valence-electron chi connectivity index (χ2n) is 10.4. The van der Waals surface area contributed by atoms with E-state index < -0.39 is 16.7 Å². The van der Waals surface area contributed by atoms with Crippen molar-refractivity contribution in [1.29, 1.82) is 0 Å². The minimum Gasteiger partial charge on any atom is -0.352 e. The largest absolute Gasteiger partial charge is 0.433 e. The van der Waals surface area contributed by atoms with Gasteiger partial charge < -0.3 is 10.6 Å². The fourth-order valence-electron chi connectivity index (χ4n) is 5.75. The lowest BCUT2D eigenvalue weighted by Crippen LogP contribution is -2.38. The van der Waals surface area contributed by atoms with Crippen molar-refractivity contribution in [2.75, 3.05) is 0 Å². The van der Waals surface area contributed by atoms with E-state index in [1.807, 2.05) is 32.1 Å². The number of aromatic nitrogens is 4. The number of amides is 1. The summed E-state index contributed by atoms with van der Waals surface area (Å²) >= 11 is 8.65. The molecule has 0 spiro atoms. The molecule has 1 amide bonds. The molecule has 2 N–H and O–H groups in total. The Labute approximate surface area is 232 Å². The smallest absolute Gasteiger partial charge is 0.352 e. The van der Waals surface area contributed by atoms with E-state index in [0.717, 1.165) is 44.9 Å². The van der Waals surface area contributed by atoms with Crippen LogP contribution in [0, 0.1) is 18.8 Å². The number of nitrogens with one attached hydrogen (secondary N) is 2. The van der Waals surface area contributed by atoms with Crippen LogP contribution in [0.5, 0.6) is 0 Å². The van der Waals surface area contributed by atoms with Gasteiger partial charge in [-0.25, -0.2) is 0 Å². The maximum absolute atomic E-state index is 13.2. The number of allylic oxidation sites excluding steroid dienone is 3. The van der Waals surface area contributed by atoms with Gasteiger partial charge in [-0.1, -0.05) is 24.3 Å². The van der Waals surface area contributed by atoms with Crippen molar-refractivity contribution in [3.63, 3.8) is 0 Å². The highest BCUT2D eigenvalue weighted by molar-refractivity contribution is 7.15. The maximum atomic E-state index is 13.2. The molecule has 39 heavy (non-hydrogen) atoms. The highest BCUT2D eigenvalue weighted by Crippen LogP contribution is 2.49. The number of pyridine rings is 1. The van der Waals surface area contributed by atoms with Crippen molar-refractivity contribution < 1.29 is 18.0 Å². The van der Waals surface area contributed by atoms with Gasteiger partial charge >= 0.3 is 6.18 Å². The van der Waals surface area contributed by atoms with E-state index in [2.05, 4.69) is 36.5 Å². The molecule has 2 aliphatic carbocycles. The Morgan fingerprint density at radius 2 is 2.13 bits per heavy atom. The summed E-state index contributed by atoms with van der Waals surface area (Å²) in [4.78, 5) is 17.1. The molecule has 7 nitrogen and oxygen atoms in total. The Balaban J connectivity index is 1.28. The molecule has 6 rings (SSSR count). The van der Waals surface area contributed by atoms with Crippen LogP contribution in [0.25, 0.3) is 5.00 Å². The van der Waals surface area contributed by atoms with Crippen molar-refractivity contribution in [3.05, 3.63) is 81.5 Å². The van der Waals surface area contributed by atoms with Crippen molar-refractivity contribution in [2.24, 2.45) is 11.8 Å². The van der Waals surface area contributed by atoms with Crippen LogP contribution in [0.3, 0.4) is 0 Å². The normalized spacial score (nSPS) is 25.6. The second kappa shape index (κ2) is 9.57. The molecule has 204 valence electrons. The van der Waals surface area contributed by atoms with Crippen LogP contribution in [0.2, 0.25) is 0 Å². The minimum absolute atomic E-state index is 0.00391. The molecule has 0 bridgehead atoms. The number of hydrogen-bond donors (Lipinski definition) is 2. The highest BCUT2D eigenvalue weighted by atomic mass is 35.5. The number of carbonyl (C=O) groups excluding carboxylic acids is 1. The standard InChI is InChI=1S/C27H26ClF3N6OS/c1-14-35-36-21-13-33-23(18-5-3-4-7-26(18,2)28)22-17-10-16(11-19(17)39-25(22)37(14)21)24(38)34-12-15-6-8-32-20(9-15)27(29,30)31/h3-9,16,18,23,33H,10-13H2,1-2H3,(H,34,38)/t16-,18?,23-,26?/m0/s1. The first-order chi connectivity index (χ1) is 18.5. The van der Waals surface area contributed by atoms with Gasteiger partial charge in [0.15, 0.2) is 5.82 Å². The molecule has 0 fully saturated rings. The molecule has 12 heteroatoms. The summed E-state index contributed by atoms with van der Waals surface area (Å²) in [6.07, 6.45) is 5.78. The van der Waals surface area contributed by atoms with E-state index in [-0.39, 0.29) is 30.3 Å². The second-order valence-corrected chi connectivity index (χ2v) is 12.3. The molecule has 0 radical (unpaired) electrons. The highest BCUT2D eigenvalue weighted by Gasteiger charge is 2.43. The van der Waals surface area contributed by atoms with Crippen LogP contribution in [-0.2, 0) is 36.9 Å². The zero-order valence-electron chi connectivity index (χ0n) is 21.2. The van der Waals surface area contributed by atoms with E-state index in [0.29, 0.717) is 24.9 Å². The number of halogens is 4. The van der Waals surface area contributed by atoms with Gasteiger partial charge in [0.25, 0.3) is 0 Å². The van der Waals surface area contributed by atoms with Crippen molar-refractivity contribution in [2.45, 2.75) is 56.9 Å². The first kappa shape index (κ1) is 26.2. The monoisotopic (exact) mass is 574 g/mol. The molecule has 2 unspecified atom stereocenters. The Bertz CT molecular complexity index is 1510. The van der Waals surface area contributed by atoms with Gasteiger partial charge in [-0.3, -0.25) is 14.3 Å². The molecule has 0 saturated heterocycles. The summed E-state index contributed by atoms with van der Waals surface area (Å²) in [5.74, 6) is 1.09. The van der Waals surface area contributed by atoms with Crippen LogP contribution in [-0.4, -0.2) is 30.5 Å². The molecule has 3 aliphatic rings. The van der Waals surface area contributed by atoms with Crippen molar-refractivity contribution >= 4 is 28.8 Å². The summed E-state index contributed by atoms with van der Waals surface area (Å²) in [5, 5.41) is 16.2. The molecule has 4 atom stereocenters. The number of hydrogen-bond acceptors (Lipinski definition) is 6. The van der Waals surface area contributed by atoms with E-state index in [9.17, 15) is 18.0 Å². The predicted octanol–water partition coefficient (Wildman–Crippen LogP) is 4.97. The Kier molecular flexibility index (Phi) is 6.43. The van der Waals surface area contributed by atoms with Gasteiger partial charge in [0, 0.05) is 41.1 Å². The number of fused-ring (bicyclic) bond motifs is 5. The lowest BCUT2D eigenvalue weighted by molar-refractivity contribution is -0.141. The van der Waals surface area contributed by atoms with Gasteiger partial charge in [0.1, 0.15) is 16.5 Å². The van der Waals surface area contributed by atoms with E-state index in [4.69, 9.17) is 11.6 Å². The maximum Gasteiger partial charge on any atom is 0.433 e. The summed E-state index contributed by atoms with van der Waals surface area (Å²) < 4.78 is 41.2.